The van der Waals surface area contributed by atoms with Gasteiger partial charge in [-0.05, 0) is 6.92 Å². The highest BCUT2D eigenvalue weighted by Gasteiger charge is 2.17. The Hall–Kier alpha value is -1.10. The van der Waals surface area contributed by atoms with Crippen molar-refractivity contribution in [1.82, 2.24) is 5.32 Å². The molecule has 0 aliphatic carbocycles. The van der Waals surface area contributed by atoms with Gasteiger partial charge in [0.15, 0.2) is 0 Å². The first-order valence-corrected chi connectivity index (χ1v) is 3.60. The first-order valence-electron chi connectivity index (χ1n) is 3.60. The standard InChI is InChI=1S/C7H13NO4/c1-4(8-5(2)9)6(10)3-7(11)12/h4,6,10H,3H2,1-2H3,(H,8,9)(H,11,12)/t4-,6?/m1/s1. The summed E-state index contributed by atoms with van der Waals surface area (Å²) in [6.07, 6.45) is -1.40. The van der Waals surface area contributed by atoms with Crippen molar-refractivity contribution in [3.8, 4) is 0 Å². The summed E-state index contributed by atoms with van der Waals surface area (Å²) in [5.74, 6) is -1.37. The van der Waals surface area contributed by atoms with Gasteiger partial charge in [0.25, 0.3) is 0 Å². The Labute approximate surface area is 70.4 Å². The summed E-state index contributed by atoms with van der Waals surface area (Å²) in [7, 11) is 0. The van der Waals surface area contributed by atoms with Crippen molar-refractivity contribution in [2.75, 3.05) is 0 Å². The first kappa shape index (κ1) is 10.9. The van der Waals surface area contributed by atoms with E-state index in [1.54, 1.807) is 6.92 Å². The molecule has 12 heavy (non-hydrogen) atoms. The minimum Gasteiger partial charge on any atom is -0.481 e. The number of carbonyl (C=O) groups excluding carboxylic acids is 1. The highest BCUT2D eigenvalue weighted by molar-refractivity contribution is 5.73. The number of hydrogen-bond donors (Lipinski definition) is 3. The largest absolute Gasteiger partial charge is 0.481 e. The number of hydrogen-bond acceptors (Lipinski definition) is 3. The summed E-state index contributed by atoms with van der Waals surface area (Å²) < 4.78 is 0. The van der Waals surface area contributed by atoms with Crippen molar-refractivity contribution < 1.29 is 19.8 Å². The zero-order chi connectivity index (χ0) is 9.72. The van der Waals surface area contributed by atoms with Crippen LogP contribution < -0.4 is 5.32 Å². The monoisotopic (exact) mass is 175 g/mol. The molecule has 1 amide bonds. The number of carboxylic acids is 1. The molecule has 70 valence electrons. The lowest BCUT2D eigenvalue weighted by Crippen LogP contribution is -2.40. The van der Waals surface area contributed by atoms with E-state index in [1.807, 2.05) is 0 Å². The average molecular weight is 175 g/mol. The molecule has 0 radical (unpaired) electrons. The average Bonchev–Trinajstić information content (AvgIpc) is 1.84. The van der Waals surface area contributed by atoms with E-state index >= 15 is 0 Å². The molecule has 0 aromatic rings. The quantitative estimate of drug-likeness (QED) is 0.529. The molecule has 2 atom stereocenters. The molecule has 0 saturated heterocycles. The van der Waals surface area contributed by atoms with Crippen LogP contribution in [0.25, 0.3) is 0 Å². The second kappa shape index (κ2) is 4.71. The van der Waals surface area contributed by atoms with E-state index in [2.05, 4.69) is 5.32 Å². The second-order valence-corrected chi connectivity index (χ2v) is 2.65. The lowest BCUT2D eigenvalue weighted by atomic mass is 10.1. The minimum absolute atomic E-state index is 0.285. The third-order valence-electron chi connectivity index (χ3n) is 1.39. The molecule has 1 unspecified atom stereocenters. The van der Waals surface area contributed by atoms with Crippen molar-refractivity contribution in [2.24, 2.45) is 0 Å². The van der Waals surface area contributed by atoms with Crippen molar-refractivity contribution in [1.29, 1.82) is 0 Å². The number of carbonyl (C=O) groups is 2. The van der Waals surface area contributed by atoms with Crippen LogP contribution in [0, 0.1) is 0 Å². The van der Waals surface area contributed by atoms with Gasteiger partial charge in [-0.3, -0.25) is 9.59 Å². The molecule has 5 nitrogen and oxygen atoms in total. The van der Waals surface area contributed by atoms with Gasteiger partial charge in [0.05, 0.1) is 18.6 Å². The summed E-state index contributed by atoms with van der Waals surface area (Å²) in [6.45, 7) is 2.86. The van der Waals surface area contributed by atoms with Gasteiger partial charge in [-0.1, -0.05) is 0 Å². The van der Waals surface area contributed by atoms with Crippen LogP contribution in [0.3, 0.4) is 0 Å². The topological polar surface area (TPSA) is 86.6 Å². The molecule has 0 aliphatic heterocycles. The number of aliphatic hydroxyl groups excluding tert-OH is 1. The van der Waals surface area contributed by atoms with Crippen LogP contribution in [-0.4, -0.2) is 34.2 Å². The molecule has 0 spiro atoms. The summed E-state index contributed by atoms with van der Waals surface area (Å²) in [6, 6.07) is -0.529. The second-order valence-electron chi connectivity index (χ2n) is 2.65. The Morgan fingerprint density at radius 3 is 2.33 bits per heavy atom. The Balaban J connectivity index is 3.83. The smallest absolute Gasteiger partial charge is 0.306 e. The SMILES string of the molecule is CC(=O)N[C@H](C)C(O)CC(=O)O. The number of carboxylic acid groups (broad SMARTS) is 1. The molecule has 5 heteroatoms. The van der Waals surface area contributed by atoms with Gasteiger partial charge in [0, 0.05) is 6.92 Å². The molecular formula is C7H13NO4. The van der Waals surface area contributed by atoms with Crippen LogP contribution in [0.2, 0.25) is 0 Å². The fourth-order valence-corrected chi connectivity index (χ4v) is 0.772. The summed E-state index contributed by atoms with van der Waals surface area (Å²) >= 11 is 0. The van der Waals surface area contributed by atoms with E-state index in [9.17, 15) is 9.59 Å². The Kier molecular flexibility index (Phi) is 4.28. The first-order chi connectivity index (χ1) is 5.43. The van der Waals surface area contributed by atoms with Gasteiger partial charge in [-0.2, -0.15) is 0 Å². The molecular weight excluding hydrogens is 162 g/mol. The van der Waals surface area contributed by atoms with Crippen molar-refractivity contribution >= 4 is 11.9 Å². The normalized spacial score (nSPS) is 14.9. The Morgan fingerprint density at radius 1 is 1.50 bits per heavy atom. The maximum Gasteiger partial charge on any atom is 0.306 e. The van der Waals surface area contributed by atoms with Gasteiger partial charge >= 0.3 is 5.97 Å². The summed E-state index contributed by atoms with van der Waals surface area (Å²) in [5.41, 5.74) is 0. The third-order valence-corrected chi connectivity index (χ3v) is 1.39. The molecule has 0 bridgehead atoms. The molecule has 0 aliphatic rings. The minimum atomic E-state index is -1.08. The van der Waals surface area contributed by atoms with Crippen molar-refractivity contribution in [2.45, 2.75) is 32.4 Å². The van der Waals surface area contributed by atoms with Crippen molar-refractivity contribution in [3.05, 3.63) is 0 Å². The van der Waals surface area contributed by atoms with E-state index in [1.165, 1.54) is 6.92 Å². The maximum absolute atomic E-state index is 10.5. The number of aliphatic carboxylic acids is 1. The highest BCUT2D eigenvalue weighted by Crippen LogP contribution is 1.97. The number of amides is 1. The predicted molar refractivity (Wildman–Crippen MR) is 41.5 cm³/mol. The molecule has 0 fully saturated rings. The van der Waals surface area contributed by atoms with Gasteiger partial charge in [0.2, 0.25) is 5.91 Å². The Bertz CT molecular complexity index is 160. The van der Waals surface area contributed by atoms with Gasteiger partial charge in [0.1, 0.15) is 0 Å². The zero-order valence-corrected chi connectivity index (χ0v) is 7.07. The molecule has 0 heterocycles. The number of rotatable bonds is 4. The fraction of sp³-hybridized carbons (Fsp3) is 0.714. The molecule has 0 aromatic heterocycles. The van der Waals surface area contributed by atoms with E-state index in [0.29, 0.717) is 0 Å². The summed E-state index contributed by atoms with van der Waals surface area (Å²) in [5, 5.41) is 19.8. The lowest BCUT2D eigenvalue weighted by Gasteiger charge is -2.17. The van der Waals surface area contributed by atoms with Crippen LogP contribution in [-0.2, 0) is 9.59 Å². The highest BCUT2D eigenvalue weighted by atomic mass is 16.4. The van der Waals surface area contributed by atoms with Gasteiger partial charge in [-0.15, -0.1) is 0 Å². The number of nitrogens with one attached hydrogen (secondary N) is 1. The van der Waals surface area contributed by atoms with Crippen molar-refractivity contribution in [3.63, 3.8) is 0 Å². The molecule has 3 N–H and O–H groups in total. The van der Waals surface area contributed by atoms with Crippen LogP contribution in [0.5, 0.6) is 0 Å². The molecule has 0 rings (SSSR count). The van der Waals surface area contributed by atoms with Gasteiger partial charge in [-0.25, -0.2) is 0 Å². The van der Waals surface area contributed by atoms with E-state index in [0.717, 1.165) is 0 Å². The zero-order valence-electron chi connectivity index (χ0n) is 7.07. The summed E-state index contributed by atoms with van der Waals surface area (Å²) in [4.78, 5) is 20.6. The van der Waals surface area contributed by atoms with Crippen LogP contribution >= 0.6 is 0 Å². The van der Waals surface area contributed by atoms with E-state index in [4.69, 9.17) is 10.2 Å². The van der Waals surface area contributed by atoms with Gasteiger partial charge < -0.3 is 15.5 Å². The van der Waals surface area contributed by atoms with Crippen LogP contribution in [0.4, 0.5) is 0 Å². The fourth-order valence-electron chi connectivity index (χ4n) is 0.772. The predicted octanol–water partition coefficient (Wildman–Crippen LogP) is -0.653. The Morgan fingerprint density at radius 2 is 2.00 bits per heavy atom. The van der Waals surface area contributed by atoms with Crippen LogP contribution in [0.1, 0.15) is 20.3 Å². The molecule has 0 aromatic carbocycles. The maximum atomic E-state index is 10.5. The van der Waals surface area contributed by atoms with E-state index in [-0.39, 0.29) is 12.3 Å². The third kappa shape index (κ3) is 4.68. The van der Waals surface area contributed by atoms with Crippen LogP contribution in [0.15, 0.2) is 0 Å². The lowest BCUT2D eigenvalue weighted by molar-refractivity contribution is -0.140. The molecule has 0 saturated carbocycles. The van der Waals surface area contributed by atoms with E-state index < -0.39 is 18.1 Å². The number of aliphatic hydroxyl groups is 1.